The van der Waals surface area contributed by atoms with Crippen molar-refractivity contribution in [3.8, 4) is 0 Å². The number of nitrogens with one attached hydrogen (secondary N) is 1. The normalized spacial score (nSPS) is 17.5. The van der Waals surface area contributed by atoms with E-state index in [4.69, 9.17) is 5.10 Å². The Morgan fingerprint density at radius 1 is 1.22 bits per heavy atom. The molecular weight excluding hydrogens is 426 g/mol. The summed E-state index contributed by atoms with van der Waals surface area (Å²) in [5.41, 5.74) is 4.53. The summed E-state index contributed by atoms with van der Waals surface area (Å²) >= 11 is 1.53. The molecule has 162 valence electrons. The lowest BCUT2D eigenvalue weighted by Crippen LogP contribution is -2.31. The first-order valence-corrected chi connectivity index (χ1v) is 11.4. The van der Waals surface area contributed by atoms with Crippen LogP contribution in [0.5, 0.6) is 0 Å². The molecule has 2 heterocycles. The highest BCUT2D eigenvalue weighted by molar-refractivity contribution is 7.98. The van der Waals surface area contributed by atoms with Gasteiger partial charge in [0.25, 0.3) is 5.69 Å². The molecule has 0 saturated carbocycles. The van der Waals surface area contributed by atoms with Gasteiger partial charge >= 0.3 is 0 Å². The number of carbonyl (C=O) groups is 1. The second-order valence-corrected chi connectivity index (χ2v) is 8.87. The Balaban J connectivity index is 1.54. The lowest BCUT2D eigenvalue weighted by Gasteiger charge is -2.32. The fourth-order valence-corrected chi connectivity index (χ4v) is 5.13. The van der Waals surface area contributed by atoms with E-state index in [0.29, 0.717) is 28.7 Å². The lowest BCUT2D eigenvalue weighted by atomic mass is 9.85. The van der Waals surface area contributed by atoms with Gasteiger partial charge in [-0.2, -0.15) is 4.98 Å². The molecule has 3 aromatic rings. The van der Waals surface area contributed by atoms with Crippen molar-refractivity contribution in [1.82, 2.24) is 14.8 Å². The molecule has 8 nitrogen and oxygen atoms in total. The minimum Gasteiger partial charge on any atom is -0.328 e. The highest BCUT2D eigenvalue weighted by Crippen LogP contribution is 2.41. The molecule has 0 amide bonds. The van der Waals surface area contributed by atoms with Gasteiger partial charge in [-0.25, -0.2) is 4.68 Å². The first-order chi connectivity index (χ1) is 15.5. The summed E-state index contributed by atoms with van der Waals surface area (Å²) in [6, 6.07) is 14.1. The zero-order valence-electron chi connectivity index (χ0n) is 17.4. The molecule has 0 saturated heterocycles. The van der Waals surface area contributed by atoms with Crippen LogP contribution in [0.4, 0.5) is 11.6 Å². The number of carbonyl (C=O) groups excluding carboxylic acids is 1. The number of rotatable bonds is 5. The molecule has 0 unspecified atom stereocenters. The van der Waals surface area contributed by atoms with Crippen LogP contribution in [-0.4, -0.2) is 25.5 Å². The third-order valence-electron chi connectivity index (χ3n) is 5.86. The SMILES string of the molecule is Cc1ccccc1CSc1nc2n(n1)[C@@H](c1cccc([N+](=O)[O-])c1)C1=C(CCCC1=O)N2. The second kappa shape index (κ2) is 8.23. The zero-order valence-corrected chi connectivity index (χ0v) is 18.3. The maximum absolute atomic E-state index is 12.9. The smallest absolute Gasteiger partial charge is 0.269 e. The number of non-ortho nitro benzene ring substituents is 1. The van der Waals surface area contributed by atoms with Gasteiger partial charge in [0.15, 0.2) is 5.78 Å². The number of anilines is 1. The maximum Gasteiger partial charge on any atom is 0.269 e. The molecule has 5 rings (SSSR count). The first kappa shape index (κ1) is 20.4. The number of nitro benzene ring substituents is 1. The van der Waals surface area contributed by atoms with Crippen molar-refractivity contribution in [3.63, 3.8) is 0 Å². The number of aryl methyl sites for hydroxylation is 1. The fraction of sp³-hybridized carbons (Fsp3) is 0.261. The van der Waals surface area contributed by atoms with Crippen molar-refractivity contribution < 1.29 is 9.72 Å². The molecule has 2 aliphatic rings. The molecule has 1 atom stereocenters. The molecule has 1 N–H and O–H groups in total. The number of fused-ring (bicyclic) bond motifs is 1. The molecule has 0 radical (unpaired) electrons. The van der Waals surface area contributed by atoms with Crippen LogP contribution < -0.4 is 5.32 Å². The fourth-order valence-electron chi connectivity index (χ4n) is 4.23. The van der Waals surface area contributed by atoms with Crippen LogP contribution in [0.3, 0.4) is 0 Å². The highest BCUT2D eigenvalue weighted by atomic mass is 32.2. The molecule has 0 spiro atoms. The minimum atomic E-state index is -0.533. The van der Waals surface area contributed by atoms with E-state index in [1.807, 2.05) is 12.1 Å². The van der Waals surface area contributed by atoms with Crippen molar-refractivity contribution in [2.24, 2.45) is 0 Å². The number of benzene rings is 2. The average molecular weight is 448 g/mol. The summed E-state index contributed by atoms with van der Waals surface area (Å²) in [5.74, 6) is 1.33. The van der Waals surface area contributed by atoms with Gasteiger partial charge in [0.05, 0.1) is 4.92 Å². The van der Waals surface area contributed by atoms with Crippen LogP contribution in [0.25, 0.3) is 0 Å². The molecule has 0 fully saturated rings. The Morgan fingerprint density at radius 3 is 2.88 bits per heavy atom. The van der Waals surface area contributed by atoms with Crippen LogP contribution in [0.2, 0.25) is 0 Å². The van der Waals surface area contributed by atoms with Crippen molar-refractivity contribution in [2.45, 2.75) is 43.1 Å². The molecule has 1 aliphatic carbocycles. The summed E-state index contributed by atoms with van der Waals surface area (Å²) in [6.45, 7) is 2.07. The first-order valence-electron chi connectivity index (χ1n) is 10.4. The number of nitro groups is 1. The quantitative estimate of drug-likeness (QED) is 0.340. The third kappa shape index (κ3) is 3.69. The van der Waals surface area contributed by atoms with E-state index in [-0.39, 0.29) is 11.5 Å². The van der Waals surface area contributed by atoms with Gasteiger partial charge in [0, 0.05) is 35.6 Å². The molecule has 2 aromatic carbocycles. The van der Waals surface area contributed by atoms with Crippen LogP contribution in [0.15, 0.2) is 65.0 Å². The van der Waals surface area contributed by atoms with E-state index in [1.165, 1.54) is 35.0 Å². The maximum atomic E-state index is 12.9. The van der Waals surface area contributed by atoms with Crippen molar-refractivity contribution >= 4 is 29.2 Å². The number of hydrogen-bond acceptors (Lipinski definition) is 7. The standard InChI is InChI=1S/C23H21N5O3S/c1-14-6-2-3-7-16(14)13-32-23-25-22-24-18-10-5-11-19(29)20(18)21(27(22)26-23)15-8-4-9-17(12-15)28(30)31/h2-4,6-9,12,21H,5,10-11,13H2,1H3,(H,24,25,26)/t21-/m0/s1. The van der Waals surface area contributed by atoms with Gasteiger partial charge in [-0.3, -0.25) is 14.9 Å². The molecule has 9 heteroatoms. The molecule has 1 aliphatic heterocycles. The predicted octanol–water partition coefficient (Wildman–Crippen LogP) is 4.81. The van der Waals surface area contributed by atoms with Crippen molar-refractivity contribution in [2.75, 3.05) is 5.32 Å². The lowest BCUT2D eigenvalue weighted by molar-refractivity contribution is -0.384. The highest BCUT2D eigenvalue weighted by Gasteiger charge is 2.37. The van der Waals surface area contributed by atoms with E-state index < -0.39 is 11.0 Å². The summed E-state index contributed by atoms with van der Waals surface area (Å²) in [7, 11) is 0. The minimum absolute atomic E-state index is 0.0118. The number of nitrogens with zero attached hydrogens (tertiary/aromatic N) is 4. The summed E-state index contributed by atoms with van der Waals surface area (Å²) < 4.78 is 1.70. The Bertz CT molecular complexity index is 1270. The Labute approximate surface area is 188 Å². The third-order valence-corrected chi connectivity index (χ3v) is 6.75. The van der Waals surface area contributed by atoms with E-state index in [1.54, 1.807) is 16.8 Å². The Kier molecular flexibility index (Phi) is 5.26. The van der Waals surface area contributed by atoms with Gasteiger partial charge in [-0.1, -0.05) is 48.2 Å². The molecule has 0 bridgehead atoms. The molecule has 1 aromatic heterocycles. The molecular formula is C23H21N5O3S. The van der Waals surface area contributed by atoms with Crippen LogP contribution >= 0.6 is 11.8 Å². The largest absolute Gasteiger partial charge is 0.328 e. The number of allylic oxidation sites excluding steroid dienone is 2. The zero-order chi connectivity index (χ0) is 22.2. The number of aromatic nitrogens is 3. The number of Topliss-reactive ketones (excluding diaryl/α,β-unsaturated/α-hetero) is 1. The van der Waals surface area contributed by atoms with Crippen molar-refractivity contribution in [3.05, 3.63) is 86.6 Å². The van der Waals surface area contributed by atoms with Crippen LogP contribution in [-0.2, 0) is 10.5 Å². The van der Waals surface area contributed by atoms with E-state index in [0.717, 1.165) is 24.3 Å². The van der Waals surface area contributed by atoms with Gasteiger partial charge in [-0.05, 0) is 36.5 Å². The van der Waals surface area contributed by atoms with Gasteiger partial charge in [0.1, 0.15) is 6.04 Å². The van der Waals surface area contributed by atoms with Crippen LogP contribution in [0.1, 0.15) is 42.0 Å². The van der Waals surface area contributed by atoms with E-state index in [9.17, 15) is 14.9 Å². The van der Waals surface area contributed by atoms with E-state index >= 15 is 0 Å². The van der Waals surface area contributed by atoms with Crippen molar-refractivity contribution in [1.29, 1.82) is 0 Å². The summed E-state index contributed by atoms with van der Waals surface area (Å²) in [4.78, 5) is 28.5. The van der Waals surface area contributed by atoms with Gasteiger partial charge < -0.3 is 5.32 Å². The Morgan fingerprint density at radius 2 is 2.06 bits per heavy atom. The summed E-state index contributed by atoms with van der Waals surface area (Å²) in [5, 5.41) is 20.0. The summed E-state index contributed by atoms with van der Waals surface area (Å²) in [6.07, 6.45) is 1.98. The number of thioether (sulfide) groups is 1. The van der Waals surface area contributed by atoms with E-state index in [2.05, 4.69) is 29.4 Å². The average Bonchev–Trinajstić information content (AvgIpc) is 3.20. The monoisotopic (exact) mass is 447 g/mol. The van der Waals surface area contributed by atoms with Gasteiger partial charge in [0.2, 0.25) is 11.1 Å². The number of ketones is 1. The predicted molar refractivity (Wildman–Crippen MR) is 122 cm³/mol. The Hall–Kier alpha value is -3.46. The van der Waals surface area contributed by atoms with Crippen LogP contribution in [0, 0.1) is 17.0 Å². The van der Waals surface area contributed by atoms with Gasteiger partial charge in [-0.15, -0.1) is 5.10 Å². The number of hydrogen-bond donors (Lipinski definition) is 1. The second-order valence-electron chi connectivity index (χ2n) is 7.93. The topological polar surface area (TPSA) is 103 Å². The molecule has 32 heavy (non-hydrogen) atoms.